The third-order valence-electron chi connectivity index (χ3n) is 20.4. The minimum Gasteiger partial charge on any atom is -0.394 e. The van der Waals surface area contributed by atoms with Crippen molar-refractivity contribution in [1.29, 1.82) is 0 Å². The average molecular weight is 1670 g/mol. The summed E-state index contributed by atoms with van der Waals surface area (Å²) < 4.78 is 95.2. The van der Waals surface area contributed by atoms with Crippen molar-refractivity contribution in [2.45, 2.75) is 311 Å². The van der Waals surface area contributed by atoms with Gasteiger partial charge in [0.1, 0.15) is 207 Å². The highest BCUT2D eigenvalue weighted by molar-refractivity contribution is 5.75. The Morgan fingerprint density at radius 2 is 0.684 bits per heavy atom. The molecule has 0 aromatic rings. The van der Waals surface area contributed by atoms with Crippen molar-refractivity contribution in [2.75, 3.05) is 59.5 Å². The van der Waals surface area contributed by atoms with E-state index in [4.69, 9.17) is 75.8 Å². The topological polar surface area (TPSA) is 779 Å². The molecule has 0 aliphatic carbocycles. The predicted molar refractivity (Wildman–Crippen MR) is 356 cm³/mol. The number of aliphatic hydroxyl groups excluding tert-OH is 24. The van der Waals surface area contributed by atoms with Gasteiger partial charge >= 0.3 is 0 Å². The van der Waals surface area contributed by atoms with Crippen molar-refractivity contribution in [1.82, 2.24) is 26.6 Å². The van der Waals surface area contributed by atoms with Crippen molar-refractivity contribution < 1.29 is 222 Å². The maximum Gasteiger partial charge on any atom is 0.217 e. The minimum absolute atomic E-state index is 0.811. The fraction of sp³-hybridized carbons (Fsp3) is 0.922. The van der Waals surface area contributed by atoms with Crippen LogP contribution in [0.2, 0.25) is 0 Å². The molecular formula is C64H109N5O45. The van der Waals surface area contributed by atoms with Crippen LogP contribution in [0.5, 0.6) is 0 Å². The molecule has 0 bridgehead atoms. The molecular weight excluding hydrogens is 1560 g/mol. The molecule has 114 heavy (non-hydrogen) atoms. The van der Waals surface area contributed by atoms with Crippen LogP contribution in [-0.4, -0.2) is 481 Å². The lowest BCUT2D eigenvalue weighted by Gasteiger charge is -2.51. The van der Waals surface area contributed by atoms with E-state index in [2.05, 4.69) is 26.6 Å². The Balaban J connectivity index is 1.16. The quantitative estimate of drug-likeness (QED) is 0.0290. The van der Waals surface area contributed by atoms with Gasteiger partial charge in [-0.1, -0.05) is 0 Å². The van der Waals surface area contributed by atoms with Gasteiger partial charge in [0.15, 0.2) is 50.3 Å². The second-order valence-electron chi connectivity index (χ2n) is 28.7. The maximum atomic E-state index is 13.2. The third kappa shape index (κ3) is 22.1. The number of carbonyl (C=O) groups is 5. The van der Waals surface area contributed by atoms with Gasteiger partial charge in [-0.2, -0.15) is 0 Å². The summed E-state index contributed by atoms with van der Waals surface area (Å²) in [6, 6.07) is -9.17. The maximum absolute atomic E-state index is 13.2. The number of hydrogen-bond acceptors (Lipinski definition) is 45. The summed E-state index contributed by atoms with van der Waals surface area (Å²) in [6.07, 6.45) is -80.8. The number of nitrogens with one attached hydrogen (secondary N) is 5. The van der Waals surface area contributed by atoms with Gasteiger partial charge in [-0.05, 0) is 6.92 Å². The van der Waals surface area contributed by atoms with Crippen molar-refractivity contribution in [3.63, 3.8) is 0 Å². The number of carbonyl (C=O) groups excluding carboxylic acids is 5. The van der Waals surface area contributed by atoms with Crippen LogP contribution in [0.1, 0.15) is 41.5 Å². The van der Waals surface area contributed by atoms with Crippen LogP contribution >= 0.6 is 0 Å². The van der Waals surface area contributed by atoms with E-state index < -0.39 is 359 Å². The van der Waals surface area contributed by atoms with Crippen molar-refractivity contribution in [3.8, 4) is 0 Å². The van der Waals surface area contributed by atoms with E-state index >= 15 is 0 Å². The molecule has 50 heteroatoms. The van der Waals surface area contributed by atoms with Gasteiger partial charge in [0, 0.05) is 34.6 Å². The van der Waals surface area contributed by atoms with Crippen molar-refractivity contribution >= 4 is 29.5 Å². The number of amides is 5. The summed E-state index contributed by atoms with van der Waals surface area (Å²) in [5.74, 6) is -4.49. The zero-order chi connectivity index (χ0) is 84.5. The Morgan fingerprint density at radius 3 is 1.11 bits per heavy atom. The molecule has 8 aliphatic rings. The molecule has 8 heterocycles. The fourth-order valence-electron chi connectivity index (χ4n) is 14.3. The van der Waals surface area contributed by atoms with Crippen LogP contribution in [0.15, 0.2) is 0 Å². The molecule has 29 N–H and O–H groups in total. The second-order valence-corrected chi connectivity index (χ2v) is 28.7. The minimum atomic E-state index is -2.60. The van der Waals surface area contributed by atoms with E-state index in [-0.39, 0.29) is 0 Å². The highest BCUT2D eigenvalue weighted by atomic mass is 16.8. The molecule has 660 valence electrons. The molecule has 8 aliphatic heterocycles. The smallest absolute Gasteiger partial charge is 0.217 e. The fourth-order valence-corrected chi connectivity index (χ4v) is 14.3. The highest BCUT2D eigenvalue weighted by Crippen LogP contribution is 2.39. The zero-order valence-electron chi connectivity index (χ0n) is 62.1. The molecule has 0 saturated carbocycles. The Morgan fingerprint density at radius 1 is 0.325 bits per heavy atom. The molecule has 8 rings (SSSR count). The summed E-state index contributed by atoms with van der Waals surface area (Å²) in [5.41, 5.74) is 0. The van der Waals surface area contributed by atoms with Gasteiger partial charge < -0.3 is 225 Å². The van der Waals surface area contributed by atoms with Gasteiger partial charge in [0.05, 0.1) is 71.6 Å². The first-order chi connectivity index (χ1) is 53.8. The summed E-state index contributed by atoms with van der Waals surface area (Å²) in [6.45, 7) is -3.85. The Bertz CT molecular complexity index is 3030. The summed E-state index contributed by atoms with van der Waals surface area (Å²) >= 11 is 0. The number of ether oxygens (including phenoxy) is 16. The van der Waals surface area contributed by atoms with Gasteiger partial charge in [0.25, 0.3) is 0 Å². The monoisotopic (exact) mass is 1670 g/mol. The number of aliphatic hydroxyl groups is 24. The summed E-state index contributed by atoms with van der Waals surface area (Å²) in [4.78, 5) is 63.3. The van der Waals surface area contributed by atoms with Crippen LogP contribution in [0.25, 0.3) is 0 Å². The summed E-state index contributed by atoms with van der Waals surface area (Å²) in [5, 5.41) is 280. The molecule has 0 unspecified atom stereocenters. The van der Waals surface area contributed by atoms with Gasteiger partial charge in [-0.25, -0.2) is 0 Å². The van der Waals surface area contributed by atoms with E-state index in [0.29, 0.717) is 0 Å². The Hall–Kier alpha value is -4.25. The lowest BCUT2D eigenvalue weighted by Crippen LogP contribution is -2.71. The lowest BCUT2D eigenvalue weighted by molar-refractivity contribution is -0.397. The molecule has 0 spiro atoms. The third-order valence-corrected chi connectivity index (χ3v) is 20.4. The molecule has 0 aromatic carbocycles. The molecule has 5 amide bonds. The largest absolute Gasteiger partial charge is 0.394 e. The molecule has 0 aromatic heterocycles. The lowest BCUT2D eigenvalue weighted by atomic mass is 9.94. The second kappa shape index (κ2) is 42.3. The van der Waals surface area contributed by atoms with E-state index in [1.165, 1.54) is 6.92 Å². The number of hydrogen-bond donors (Lipinski definition) is 29. The van der Waals surface area contributed by atoms with Gasteiger partial charge in [0.2, 0.25) is 29.5 Å². The Labute approximate surface area is 647 Å². The predicted octanol–water partition coefficient (Wildman–Crippen LogP) is -19.2. The summed E-state index contributed by atoms with van der Waals surface area (Å²) in [7, 11) is 0. The zero-order valence-corrected chi connectivity index (χ0v) is 62.1. The molecule has 8 fully saturated rings. The van der Waals surface area contributed by atoms with Crippen LogP contribution in [0, 0.1) is 0 Å². The van der Waals surface area contributed by atoms with Crippen LogP contribution in [0.3, 0.4) is 0 Å². The average Bonchev–Trinajstić information content (AvgIpc) is 0.772. The SMILES string of the molecule is CC(=O)N[C@H]1[C@H](O[C@@H]([C@H](O)[C@H](CO)NC(C)=O)[C@H](O)CO[C@@H]2O[C@@H](C)[C@@H](O)[C@@H](O)[C@@H]2O)O[C@H](CO)[C@@H](O[C@@H]2O[C@H](CO[C@H]3O[C@H](CO)[C@@H](O)[C@H](O)[C@@H]3O[C@@H]3O[C@H](CO)[C@@H](O)[C@H](O)[C@H]3NC(C)=O)[C@@H](O)[C@H](O[C@H]3O[C@H](CO)[C@@H](O)[C@H](O)[C@@H]3O[C@@H]3O[C@H](CO)[C@@H](O[C@@H]4O[C@H](CO)[C@H](O)[C@H](O)[C@H]4NC(C)=O)[C@H](O)[C@H]3NC(C)=O)[C@@H]2O)[C@@H]1O. The van der Waals surface area contributed by atoms with Crippen LogP contribution in [-0.2, 0) is 99.8 Å². The van der Waals surface area contributed by atoms with Crippen molar-refractivity contribution in [2.24, 2.45) is 0 Å². The highest BCUT2D eigenvalue weighted by Gasteiger charge is 2.60. The number of rotatable bonds is 33. The molecule has 8 saturated heterocycles. The molecule has 44 atom stereocenters. The molecule has 0 radical (unpaired) electrons. The first kappa shape index (κ1) is 95.2. The van der Waals surface area contributed by atoms with E-state index in [1.807, 2.05) is 0 Å². The first-order valence-corrected chi connectivity index (χ1v) is 36.4. The van der Waals surface area contributed by atoms with Crippen LogP contribution < -0.4 is 26.6 Å². The van der Waals surface area contributed by atoms with Gasteiger partial charge in [-0.3, -0.25) is 24.0 Å². The van der Waals surface area contributed by atoms with Crippen molar-refractivity contribution in [3.05, 3.63) is 0 Å². The standard InChI is InChI=1S/C64H109N5O45/c1-16-35(83)46(94)49(97)61(101-16)99-14-23(82)51(36(84)22(7-70)65-17(2)77)109-59-33(68-20(5)80)45(93)53(29(13-76)106-59)111-62-50(98)54(41(89)30(108-62)15-100-63-55(47(95)39(87)26(10-73)104-63)113-58-32(67-19(4)79)43(91)38(86)25(9-72)103-58)112-64-56(48(96)40(88)27(11-74)105-64)114-60-34(69-21(6)81)44(92)52(28(12-75)107-60)110-57-31(66-18(3)78)42(90)37(85)24(8-71)102-57/h16,22-64,70-76,82-98H,7-15H2,1-6H3,(H,65,77)(H,66,78)(H,67,79)(H,68,80)(H,69,81)/t16-,22-,23+,24+,25+,26+,27+,28+,29+,30+,31+,32+,33+,34+,35+,36+,37-,38+,39+,40+,41+,42+,43+,44+,45+,46+,47-,48-,49-,50-,51+,52+,53+,54-,55-,56-,57-,58-,59-,60-,61+,62-,63-,64+/m0/s1. The van der Waals surface area contributed by atoms with E-state index in [1.54, 1.807) is 0 Å². The van der Waals surface area contributed by atoms with E-state index in [0.717, 1.165) is 34.6 Å². The van der Waals surface area contributed by atoms with Crippen LogP contribution in [0.4, 0.5) is 0 Å². The molecule has 50 nitrogen and oxygen atoms in total. The van der Waals surface area contributed by atoms with Gasteiger partial charge in [-0.15, -0.1) is 0 Å². The normalized spacial score (nSPS) is 45.3. The Kier molecular flexibility index (Phi) is 35.3. The first-order valence-electron chi connectivity index (χ1n) is 36.4. The van der Waals surface area contributed by atoms with E-state index in [9.17, 15) is 147 Å².